The maximum Gasteiger partial charge on any atom is 0.270 e. The summed E-state index contributed by atoms with van der Waals surface area (Å²) in [4.78, 5) is 16.5. The quantitative estimate of drug-likeness (QED) is 0.780. The fourth-order valence-electron chi connectivity index (χ4n) is 2.31. The Kier molecular flexibility index (Phi) is 6.09. The van der Waals surface area contributed by atoms with Gasteiger partial charge in [-0.1, -0.05) is 13.3 Å². The summed E-state index contributed by atoms with van der Waals surface area (Å²) in [6, 6.07) is 0. The number of aliphatic hydroxyl groups is 1. The van der Waals surface area contributed by atoms with Crippen LogP contribution in [0.25, 0.3) is 10.6 Å². The van der Waals surface area contributed by atoms with Crippen molar-refractivity contribution in [2.45, 2.75) is 26.2 Å². The Bertz CT molecular complexity index is 602. The van der Waals surface area contributed by atoms with Gasteiger partial charge in [0.25, 0.3) is 5.91 Å². The highest BCUT2D eigenvalue weighted by Gasteiger charge is 2.14. The number of nitrogens with zero attached hydrogens (tertiary/aromatic N) is 3. The Hall–Kier alpha value is -1.73. The average Bonchev–Trinajstić information content (AvgIpc) is 3.13. The summed E-state index contributed by atoms with van der Waals surface area (Å²) in [6.45, 7) is 2.84. The molecule has 22 heavy (non-hydrogen) atoms. The minimum absolute atomic E-state index is 0.155. The molecule has 1 unspecified atom stereocenters. The second-order valence-electron chi connectivity index (χ2n) is 5.32. The van der Waals surface area contributed by atoms with E-state index < -0.39 is 0 Å². The van der Waals surface area contributed by atoms with Crippen LogP contribution in [0, 0.1) is 5.92 Å². The van der Waals surface area contributed by atoms with Crippen molar-refractivity contribution in [3.05, 3.63) is 23.5 Å². The fourth-order valence-corrected chi connectivity index (χ4v) is 3.08. The van der Waals surface area contributed by atoms with Crippen LogP contribution in [0.4, 0.5) is 0 Å². The van der Waals surface area contributed by atoms with E-state index in [2.05, 4.69) is 22.3 Å². The molecule has 120 valence electrons. The first kappa shape index (κ1) is 16.6. The molecular formula is C15H22N4O2S. The molecule has 0 saturated heterocycles. The van der Waals surface area contributed by atoms with Gasteiger partial charge in [0.15, 0.2) is 0 Å². The summed E-state index contributed by atoms with van der Waals surface area (Å²) in [5, 5.41) is 18.6. The van der Waals surface area contributed by atoms with Crippen LogP contribution in [-0.4, -0.2) is 38.9 Å². The molecule has 2 heterocycles. The molecule has 0 spiro atoms. The highest BCUT2D eigenvalue weighted by Crippen LogP contribution is 2.22. The van der Waals surface area contributed by atoms with Gasteiger partial charge < -0.3 is 10.4 Å². The normalized spacial score (nSPS) is 12.3. The summed E-state index contributed by atoms with van der Waals surface area (Å²) in [5.74, 6) is 0.154. The van der Waals surface area contributed by atoms with Gasteiger partial charge in [0.2, 0.25) is 0 Å². The zero-order chi connectivity index (χ0) is 15.9. The van der Waals surface area contributed by atoms with E-state index in [-0.39, 0.29) is 12.5 Å². The van der Waals surface area contributed by atoms with Crippen molar-refractivity contribution in [2.75, 3.05) is 13.2 Å². The van der Waals surface area contributed by atoms with E-state index in [0.717, 1.165) is 23.4 Å². The number of aromatic nitrogens is 3. The van der Waals surface area contributed by atoms with Gasteiger partial charge in [-0.05, 0) is 18.8 Å². The van der Waals surface area contributed by atoms with Crippen molar-refractivity contribution in [1.29, 1.82) is 0 Å². The third-order valence-electron chi connectivity index (χ3n) is 3.47. The number of aryl methyl sites for hydroxylation is 1. The highest BCUT2D eigenvalue weighted by atomic mass is 32.1. The number of rotatable bonds is 8. The number of nitrogens with one attached hydrogen (secondary N) is 1. The van der Waals surface area contributed by atoms with E-state index in [0.29, 0.717) is 24.6 Å². The van der Waals surface area contributed by atoms with Crippen molar-refractivity contribution in [3.63, 3.8) is 0 Å². The molecule has 2 rings (SSSR count). The number of hydrogen-bond donors (Lipinski definition) is 2. The summed E-state index contributed by atoms with van der Waals surface area (Å²) in [7, 11) is 1.85. The van der Waals surface area contributed by atoms with Gasteiger partial charge in [0.1, 0.15) is 10.7 Å². The Morgan fingerprint density at radius 1 is 1.50 bits per heavy atom. The first-order valence-corrected chi connectivity index (χ1v) is 8.35. The predicted octanol–water partition coefficient (Wildman–Crippen LogP) is 2.07. The number of thiazole rings is 1. The lowest BCUT2D eigenvalue weighted by atomic mass is 10.0. The van der Waals surface area contributed by atoms with Crippen LogP contribution >= 0.6 is 11.3 Å². The van der Waals surface area contributed by atoms with Gasteiger partial charge in [0.05, 0.1) is 6.20 Å². The monoisotopic (exact) mass is 322 g/mol. The molecule has 0 radical (unpaired) electrons. The van der Waals surface area contributed by atoms with Crippen LogP contribution in [0.5, 0.6) is 0 Å². The smallest absolute Gasteiger partial charge is 0.270 e. The van der Waals surface area contributed by atoms with E-state index >= 15 is 0 Å². The molecule has 2 aromatic heterocycles. The molecule has 1 amide bonds. The van der Waals surface area contributed by atoms with Crippen molar-refractivity contribution in [1.82, 2.24) is 20.1 Å². The van der Waals surface area contributed by atoms with E-state index in [1.165, 1.54) is 11.3 Å². The lowest BCUT2D eigenvalue weighted by molar-refractivity contribution is 0.0938. The molecular weight excluding hydrogens is 300 g/mol. The second kappa shape index (κ2) is 8.05. The summed E-state index contributed by atoms with van der Waals surface area (Å²) >= 11 is 1.43. The van der Waals surface area contributed by atoms with Crippen molar-refractivity contribution >= 4 is 17.2 Å². The highest BCUT2D eigenvalue weighted by molar-refractivity contribution is 7.13. The Morgan fingerprint density at radius 2 is 2.32 bits per heavy atom. The molecule has 0 aromatic carbocycles. The minimum atomic E-state index is -0.162. The zero-order valence-electron chi connectivity index (χ0n) is 13.0. The number of carbonyl (C=O) groups excluding carboxylic acids is 1. The average molecular weight is 322 g/mol. The minimum Gasteiger partial charge on any atom is -0.396 e. The molecule has 0 fully saturated rings. The molecule has 0 aliphatic carbocycles. The molecule has 0 aliphatic rings. The lowest BCUT2D eigenvalue weighted by Crippen LogP contribution is -2.30. The SMILES string of the molecule is CCCC(CCO)CNC(=O)c1csc(-c2cnn(C)c2)n1. The number of amides is 1. The van der Waals surface area contributed by atoms with Crippen molar-refractivity contribution < 1.29 is 9.90 Å². The molecule has 0 bridgehead atoms. The third kappa shape index (κ3) is 4.38. The van der Waals surface area contributed by atoms with Crippen LogP contribution in [-0.2, 0) is 7.05 Å². The van der Waals surface area contributed by atoms with Crippen molar-refractivity contribution in [3.8, 4) is 10.6 Å². The standard InChI is InChI=1S/C15H22N4O2S/c1-3-4-11(5-6-20)7-16-14(21)13-10-22-15(18-13)12-8-17-19(2)9-12/h8-11,20H,3-7H2,1-2H3,(H,16,21). The largest absolute Gasteiger partial charge is 0.396 e. The first-order valence-electron chi connectivity index (χ1n) is 7.47. The molecule has 0 saturated carbocycles. The number of carbonyl (C=O) groups is 1. The van der Waals surface area contributed by atoms with Gasteiger partial charge in [-0.25, -0.2) is 4.98 Å². The lowest BCUT2D eigenvalue weighted by Gasteiger charge is -2.15. The molecule has 2 N–H and O–H groups in total. The van der Waals surface area contributed by atoms with Gasteiger partial charge in [-0.15, -0.1) is 11.3 Å². The van der Waals surface area contributed by atoms with Gasteiger partial charge >= 0.3 is 0 Å². The molecule has 1 atom stereocenters. The van der Waals surface area contributed by atoms with Crippen molar-refractivity contribution in [2.24, 2.45) is 13.0 Å². The fraction of sp³-hybridized carbons (Fsp3) is 0.533. The third-order valence-corrected chi connectivity index (χ3v) is 4.37. The molecule has 2 aromatic rings. The van der Waals surface area contributed by atoms with Gasteiger partial charge in [0, 0.05) is 37.3 Å². The molecule has 6 nitrogen and oxygen atoms in total. The number of hydrogen-bond acceptors (Lipinski definition) is 5. The number of aliphatic hydroxyl groups excluding tert-OH is 1. The summed E-state index contributed by atoms with van der Waals surface area (Å²) in [5.41, 5.74) is 1.35. The summed E-state index contributed by atoms with van der Waals surface area (Å²) in [6.07, 6.45) is 6.37. The van der Waals surface area contributed by atoms with Crippen LogP contribution < -0.4 is 5.32 Å². The molecule has 0 aliphatic heterocycles. The van der Waals surface area contributed by atoms with E-state index in [1.54, 1.807) is 16.3 Å². The maximum absolute atomic E-state index is 12.2. The topological polar surface area (TPSA) is 80.0 Å². The first-order chi connectivity index (χ1) is 10.6. The van der Waals surface area contributed by atoms with E-state index in [1.807, 2.05) is 13.2 Å². The second-order valence-corrected chi connectivity index (χ2v) is 6.18. The van der Waals surface area contributed by atoms with E-state index in [9.17, 15) is 4.79 Å². The van der Waals surface area contributed by atoms with E-state index in [4.69, 9.17) is 5.11 Å². The Labute approximate surface area is 134 Å². The van der Waals surface area contributed by atoms with Crippen LogP contribution in [0.1, 0.15) is 36.7 Å². The zero-order valence-corrected chi connectivity index (χ0v) is 13.8. The van der Waals surface area contributed by atoms with Crippen LogP contribution in [0.2, 0.25) is 0 Å². The van der Waals surface area contributed by atoms with Crippen LogP contribution in [0.15, 0.2) is 17.8 Å². The summed E-state index contributed by atoms with van der Waals surface area (Å²) < 4.78 is 1.71. The maximum atomic E-state index is 12.2. The molecule has 7 heteroatoms. The Balaban J connectivity index is 1.94. The predicted molar refractivity (Wildman–Crippen MR) is 86.8 cm³/mol. The van der Waals surface area contributed by atoms with Gasteiger partial charge in [-0.2, -0.15) is 5.10 Å². The van der Waals surface area contributed by atoms with Gasteiger partial charge in [-0.3, -0.25) is 9.48 Å². The Morgan fingerprint density at radius 3 is 2.95 bits per heavy atom. The van der Waals surface area contributed by atoms with Crippen LogP contribution in [0.3, 0.4) is 0 Å².